The highest BCUT2D eigenvalue weighted by molar-refractivity contribution is 7.22. The molecule has 5 aromatic rings. The summed E-state index contributed by atoms with van der Waals surface area (Å²) >= 11 is 1.08. The number of hydrogen-bond donors (Lipinski definition) is 0. The van der Waals surface area contributed by atoms with E-state index in [9.17, 15) is 14.0 Å². The van der Waals surface area contributed by atoms with E-state index >= 15 is 0 Å². The molecule has 1 atom stereocenters. The Morgan fingerprint density at radius 3 is 2.81 bits per heavy atom. The number of nitrogens with zero attached hydrogens (tertiary/aromatic N) is 3. The van der Waals surface area contributed by atoms with Gasteiger partial charge in [-0.3, -0.25) is 9.59 Å². The minimum atomic E-state index is -1.02. The number of hydrogen-bond acceptors (Lipinski definition) is 8. The fourth-order valence-corrected chi connectivity index (χ4v) is 4.71. The van der Waals surface area contributed by atoms with Gasteiger partial charge < -0.3 is 13.9 Å². The molecule has 1 aliphatic rings. The van der Waals surface area contributed by atoms with E-state index in [4.69, 9.17) is 13.9 Å². The summed E-state index contributed by atoms with van der Waals surface area (Å²) in [7, 11) is 0. The van der Waals surface area contributed by atoms with Crippen molar-refractivity contribution in [3.8, 4) is 11.5 Å². The van der Waals surface area contributed by atoms with Gasteiger partial charge in [0.1, 0.15) is 24.3 Å². The molecule has 178 valence electrons. The van der Waals surface area contributed by atoms with Crippen LogP contribution in [0.15, 0.2) is 87.3 Å². The van der Waals surface area contributed by atoms with Crippen LogP contribution in [0.5, 0.6) is 11.5 Å². The first kappa shape index (κ1) is 21.9. The zero-order chi connectivity index (χ0) is 24.6. The molecule has 1 aliphatic heterocycles. The predicted octanol–water partition coefficient (Wildman–Crippen LogP) is 4.75. The van der Waals surface area contributed by atoms with E-state index in [1.807, 2.05) is 0 Å². The molecule has 0 fully saturated rings. The van der Waals surface area contributed by atoms with E-state index in [0.717, 1.165) is 16.3 Å². The van der Waals surface area contributed by atoms with Crippen molar-refractivity contribution in [1.29, 1.82) is 0 Å². The Bertz CT molecular complexity index is 1710. The van der Waals surface area contributed by atoms with Crippen molar-refractivity contribution in [2.75, 3.05) is 11.6 Å². The first-order valence-electron chi connectivity index (χ1n) is 10.9. The molecule has 1 amide bonds. The first-order valence-corrected chi connectivity index (χ1v) is 11.7. The van der Waals surface area contributed by atoms with Crippen LogP contribution in [0.1, 0.15) is 5.56 Å². The van der Waals surface area contributed by atoms with Gasteiger partial charge in [0, 0.05) is 0 Å². The van der Waals surface area contributed by atoms with Crippen molar-refractivity contribution >= 4 is 49.8 Å². The number of carbonyl (C=O) groups excluding carboxylic acids is 1. The zero-order valence-corrected chi connectivity index (χ0v) is 19.3. The van der Waals surface area contributed by atoms with E-state index in [1.165, 1.54) is 30.7 Å². The first-order chi connectivity index (χ1) is 17.6. The van der Waals surface area contributed by atoms with Crippen molar-refractivity contribution in [1.82, 2.24) is 4.98 Å². The normalized spacial score (nSPS) is 15.0. The number of carbonyl (C=O) groups is 1. The summed E-state index contributed by atoms with van der Waals surface area (Å²) in [6, 6.07) is 18.0. The third-order valence-electron chi connectivity index (χ3n) is 5.53. The number of aromatic nitrogens is 1. The second kappa shape index (κ2) is 8.90. The van der Waals surface area contributed by atoms with E-state index in [1.54, 1.807) is 48.5 Å². The van der Waals surface area contributed by atoms with E-state index in [0.29, 0.717) is 32.7 Å². The Kier molecular flexibility index (Phi) is 5.42. The molecule has 1 unspecified atom stereocenters. The van der Waals surface area contributed by atoms with Gasteiger partial charge in [-0.15, -0.1) is 0 Å². The number of amides is 1. The zero-order valence-electron chi connectivity index (χ0n) is 18.5. The van der Waals surface area contributed by atoms with Crippen LogP contribution < -0.4 is 19.9 Å². The summed E-state index contributed by atoms with van der Waals surface area (Å²) in [5.41, 5.74) is 0.781. The Morgan fingerprint density at radius 2 is 1.92 bits per heavy atom. The van der Waals surface area contributed by atoms with Crippen molar-refractivity contribution < 1.29 is 23.1 Å². The van der Waals surface area contributed by atoms with E-state index < -0.39 is 17.8 Å². The molecular formula is C26H16FN3O5S. The number of para-hydroxylation sites is 3. The molecule has 8 nitrogen and oxygen atoms in total. The monoisotopic (exact) mass is 501 g/mol. The van der Waals surface area contributed by atoms with Crippen LogP contribution in [0.25, 0.3) is 21.2 Å². The second-order valence-electron chi connectivity index (χ2n) is 7.88. The molecule has 0 aliphatic carbocycles. The van der Waals surface area contributed by atoms with Crippen molar-refractivity contribution in [3.63, 3.8) is 0 Å². The minimum absolute atomic E-state index is 0.0422. The van der Waals surface area contributed by atoms with Crippen molar-refractivity contribution in [2.45, 2.75) is 6.10 Å². The average Bonchev–Trinajstić information content (AvgIpc) is 3.32. The number of benzene rings is 3. The Labute approximate surface area is 206 Å². The van der Waals surface area contributed by atoms with Gasteiger partial charge in [0.15, 0.2) is 11.5 Å². The Hall–Kier alpha value is -4.57. The van der Waals surface area contributed by atoms with Gasteiger partial charge in [0.2, 0.25) is 16.7 Å². The van der Waals surface area contributed by atoms with Crippen LogP contribution in [0, 0.1) is 5.82 Å². The smallest absolute Gasteiger partial charge is 0.294 e. The van der Waals surface area contributed by atoms with Crippen LogP contribution in [0.4, 0.5) is 9.52 Å². The van der Waals surface area contributed by atoms with Gasteiger partial charge in [0.25, 0.3) is 5.91 Å². The molecule has 10 heteroatoms. The quantitative estimate of drug-likeness (QED) is 0.261. The number of rotatable bonds is 4. The number of halogens is 1. The summed E-state index contributed by atoms with van der Waals surface area (Å²) < 4.78 is 31.4. The molecule has 3 aromatic carbocycles. The maximum Gasteiger partial charge on any atom is 0.294 e. The lowest BCUT2D eigenvalue weighted by Crippen LogP contribution is -2.44. The maximum absolute atomic E-state index is 13.8. The summed E-state index contributed by atoms with van der Waals surface area (Å²) in [6.45, 7) is -0.0422. The van der Waals surface area contributed by atoms with Gasteiger partial charge in [0.05, 0.1) is 27.4 Å². The van der Waals surface area contributed by atoms with E-state index in [2.05, 4.69) is 10.1 Å². The molecule has 0 bridgehead atoms. The molecule has 0 radical (unpaired) electrons. The van der Waals surface area contributed by atoms with Crippen molar-refractivity contribution in [3.05, 3.63) is 94.6 Å². The number of ether oxygens (including phenoxy) is 2. The lowest BCUT2D eigenvalue weighted by molar-refractivity contribution is -0.127. The number of anilines is 1. The summed E-state index contributed by atoms with van der Waals surface area (Å²) in [4.78, 5) is 30.9. The standard InChI is InChI=1S/C26H16FN3O5S/c27-16-9-10-18-23(11-16)36-26(29-18)30(25(32)22-14-34-20-7-3-4-8-21(20)35-22)28-12-15-13-33-19-6-2-1-5-17(19)24(15)31/h1-13,22H,14H2/b28-12+. The second-order valence-corrected chi connectivity index (χ2v) is 8.89. The highest BCUT2D eigenvalue weighted by Crippen LogP contribution is 2.34. The number of thiazole rings is 1. The highest BCUT2D eigenvalue weighted by Gasteiger charge is 2.33. The SMILES string of the molecule is O=C(C1COc2ccccc2O1)N(/N=C/c1coc2ccccc2c1=O)c1nc2ccc(F)cc2s1. The molecule has 0 saturated heterocycles. The summed E-state index contributed by atoms with van der Waals surface area (Å²) in [5.74, 6) is -0.0349. The lowest BCUT2D eigenvalue weighted by atomic mass is 10.2. The third-order valence-corrected chi connectivity index (χ3v) is 6.53. The van der Waals surface area contributed by atoms with Gasteiger partial charge in [-0.25, -0.2) is 9.37 Å². The molecule has 6 rings (SSSR count). The Balaban J connectivity index is 1.39. The summed E-state index contributed by atoms with van der Waals surface area (Å²) in [5, 5.41) is 5.91. The molecule has 3 heterocycles. The van der Waals surface area contributed by atoms with E-state index in [-0.39, 0.29) is 22.7 Å². The fraction of sp³-hybridized carbons (Fsp3) is 0.0769. The van der Waals surface area contributed by atoms with Gasteiger partial charge in [-0.2, -0.15) is 10.1 Å². The molecule has 0 spiro atoms. The molecular weight excluding hydrogens is 485 g/mol. The van der Waals surface area contributed by atoms with Crippen LogP contribution in [0.2, 0.25) is 0 Å². The topological polar surface area (TPSA) is 94.2 Å². The average molecular weight is 501 g/mol. The fourth-order valence-electron chi connectivity index (χ4n) is 3.76. The maximum atomic E-state index is 13.8. The van der Waals surface area contributed by atoms with Gasteiger partial charge in [-0.05, 0) is 42.5 Å². The number of hydrazone groups is 1. The Morgan fingerprint density at radius 1 is 1.11 bits per heavy atom. The van der Waals surface area contributed by atoms with Crippen LogP contribution in [-0.2, 0) is 4.79 Å². The van der Waals surface area contributed by atoms with Gasteiger partial charge >= 0.3 is 0 Å². The van der Waals surface area contributed by atoms with Crippen molar-refractivity contribution in [2.24, 2.45) is 5.10 Å². The third kappa shape index (κ3) is 3.97. The number of fused-ring (bicyclic) bond motifs is 3. The largest absolute Gasteiger partial charge is 0.485 e. The molecule has 0 saturated carbocycles. The molecule has 0 N–H and O–H groups in total. The van der Waals surface area contributed by atoms with Crippen LogP contribution in [0.3, 0.4) is 0 Å². The van der Waals surface area contributed by atoms with Crippen LogP contribution in [-0.4, -0.2) is 29.8 Å². The minimum Gasteiger partial charge on any atom is -0.485 e. The lowest BCUT2D eigenvalue weighted by Gasteiger charge is -2.27. The summed E-state index contributed by atoms with van der Waals surface area (Å²) in [6.07, 6.45) is 1.50. The van der Waals surface area contributed by atoms with Crippen LogP contribution >= 0.6 is 11.3 Å². The van der Waals surface area contributed by atoms with Gasteiger partial charge in [-0.1, -0.05) is 35.6 Å². The molecule has 36 heavy (non-hydrogen) atoms. The highest BCUT2D eigenvalue weighted by atomic mass is 32.1. The molecule has 2 aromatic heterocycles. The predicted molar refractivity (Wildman–Crippen MR) is 133 cm³/mol.